The minimum absolute atomic E-state index is 0.205. The Morgan fingerprint density at radius 3 is 3.11 bits per heavy atom. The summed E-state index contributed by atoms with van der Waals surface area (Å²) in [6.45, 7) is 3.16. The summed E-state index contributed by atoms with van der Waals surface area (Å²) >= 11 is 3.56. The van der Waals surface area contributed by atoms with Gasteiger partial charge in [-0.2, -0.15) is 0 Å². The summed E-state index contributed by atoms with van der Waals surface area (Å²) in [5, 5.41) is 4.64. The summed E-state index contributed by atoms with van der Waals surface area (Å²) in [6, 6.07) is 5.36. The van der Waals surface area contributed by atoms with Gasteiger partial charge in [0.05, 0.1) is 4.60 Å². The molecule has 2 N–H and O–H groups in total. The average Bonchev–Trinajstić information content (AvgIpc) is 2.65. The van der Waals surface area contributed by atoms with Crippen molar-refractivity contribution in [1.29, 1.82) is 0 Å². The Bertz CT molecular complexity index is 596. The highest BCUT2D eigenvalue weighted by atomic mass is 79.9. The average molecular weight is 326 g/mol. The van der Waals surface area contributed by atoms with E-state index in [1.54, 1.807) is 6.07 Å². The lowest BCUT2D eigenvalue weighted by molar-refractivity contribution is 0.238. The van der Waals surface area contributed by atoms with Crippen molar-refractivity contribution in [2.45, 2.75) is 12.5 Å². The van der Waals surface area contributed by atoms with Crippen LogP contribution in [0.25, 0.3) is 10.9 Å². The first-order valence-electron chi connectivity index (χ1n) is 6.51. The van der Waals surface area contributed by atoms with Crippen molar-refractivity contribution in [2.75, 3.05) is 26.7 Å². The molecule has 0 saturated carbocycles. The van der Waals surface area contributed by atoms with E-state index in [0.29, 0.717) is 6.04 Å². The second kappa shape index (κ2) is 5.23. The molecule has 1 atom stereocenters. The second-order valence-electron chi connectivity index (χ2n) is 5.22. The van der Waals surface area contributed by atoms with Gasteiger partial charge in [-0.25, -0.2) is 4.39 Å². The first-order chi connectivity index (χ1) is 9.13. The summed E-state index contributed by atoms with van der Waals surface area (Å²) in [6.07, 6.45) is 0.941. The van der Waals surface area contributed by atoms with Gasteiger partial charge in [0, 0.05) is 36.6 Å². The van der Waals surface area contributed by atoms with Gasteiger partial charge in [-0.15, -0.1) is 0 Å². The predicted octanol–water partition coefficient (Wildman–Crippen LogP) is 2.52. The van der Waals surface area contributed by atoms with E-state index in [1.807, 2.05) is 6.07 Å². The molecule has 1 saturated heterocycles. The van der Waals surface area contributed by atoms with Crippen LogP contribution in [0.15, 0.2) is 22.8 Å². The van der Waals surface area contributed by atoms with E-state index in [1.165, 1.54) is 11.6 Å². The van der Waals surface area contributed by atoms with Crippen LogP contribution < -0.4 is 5.32 Å². The van der Waals surface area contributed by atoms with Crippen molar-refractivity contribution >= 4 is 26.8 Å². The predicted molar refractivity (Wildman–Crippen MR) is 78.9 cm³/mol. The Morgan fingerprint density at radius 2 is 2.32 bits per heavy atom. The zero-order valence-electron chi connectivity index (χ0n) is 10.8. The third kappa shape index (κ3) is 2.68. The zero-order valence-corrected chi connectivity index (χ0v) is 12.4. The lowest BCUT2D eigenvalue weighted by Crippen LogP contribution is -2.49. The summed E-state index contributed by atoms with van der Waals surface area (Å²) in [5.41, 5.74) is 2.08. The molecule has 1 aliphatic rings. The standard InChI is InChI=1S/C14H17BrFN3/c1-19-5-4-17-10(8-19)7-12-11-3-2-9(16)6-13(11)18-14(12)15/h2-3,6,10,17-18H,4-5,7-8H2,1H3. The molecular formula is C14H17BrFN3. The second-order valence-corrected chi connectivity index (χ2v) is 6.02. The van der Waals surface area contributed by atoms with Crippen LogP contribution in [0.5, 0.6) is 0 Å². The highest BCUT2D eigenvalue weighted by Gasteiger charge is 2.20. The molecule has 19 heavy (non-hydrogen) atoms. The molecule has 0 bridgehead atoms. The van der Waals surface area contributed by atoms with Crippen LogP contribution >= 0.6 is 15.9 Å². The molecular weight excluding hydrogens is 309 g/mol. The monoisotopic (exact) mass is 325 g/mol. The van der Waals surface area contributed by atoms with Gasteiger partial charge < -0.3 is 15.2 Å². The minimum atomic E-state index is -0.205. The molecule has 1 unspecified atom stereocenters. The molecule has 1 aromatic carbocycles. The Balaban J connectivity index is 1.89. The van der Waals surface area contributed by atoms with E-state index in [-0.39, 0.29) is 5.82 Å². The fraction of sp³-hybridized carbons (Fsp3) is 0.429. The molecule has 2 aromatic rings. The molecule has 1 aromatic heterocycles. The third-order valence-corrected chi connectivity index (χ3v) is 4.40. The molecule has 0 radical (unpaired) electrons. The zero-order chi connectivity index (χ0) is 13.4. The van der Waals surface area contributed by atoms with Crippen molar-refractivity contribution < 1.29 is 4.39 Å². The molecule has 0 aliphatic carbocycles. The van der Waals surface area contributed by atoms with Gasteiger partial charge >= 0.3 is 0 Å². The van der Waals surface area contributed by atoms with Crippen LogP contribution in [0.2, 0.25) is 0 Å². The van der Waals surface area contributed by atoms with E-state index >= 15 is 0 Å². The number of hydrogen-bond donors (Lipinski definition) is 2. The molecule has 0 amide bonds. The Morgan fingerprint density at radius 1 is 1.47 bits per heavy atom. The number of likely N-dealkylation sites (N-methyl/N-ethyl adjacent to an activating group) is 1. The van der Waals surface area contributed by atoms with Gasteiger partial charge in [0.1, 0.15) is 5.82 Å². The molecule has 1 fully saturated rings. The van der Waals surface area contributed by atoms with Crippen LogP contribution in [0.4, 0.5) is 4.39 Å². The number of benzene rings is 1. The summed E-state index contributed by atoms with van der Waals surface area (Å²) in [4.78, 5) is 5.54. The fourth-order valence-electron chi connectivity index (χ4n) is 2.77. The van der Waals surface area contributed by atoms with Crippen molar-refractivity contribution in [1.82, 2.24) is 15.2 Å². The highest BCUT2D eigenvalue weighted by molar-refractivity contribution is 9.10. The van der Waals surface area contributed by atoms with Gasteiger partial charge in [0.2, 0.25) is 0 Å². The maximum atomic E-state index is 13.2. The Hall–Kier alpha value is -0.910. The first-order valence-corrected chi connectivity index (χ1v) is 7.30. The van der Waals surface area contributed by atoms with Crippen LogP contribution in [0.1, 0.15) is 5.56 Å². The van der Waals surface area contributed by atoms with Crippen LogP contribution in [0.3, 0.4) is 0 Å². The fourth-order valence-corrected chi connectivity index (χ4v) is 3.36. The van der Waals surface area contributed by atoms with Gasteiger partial charge in [-0.05, 0) is 53.2 Å². The van der Waals surface area contributed by atoms with Crippen molar-refractivity contribution in [3.05, 3.63) is 34.2 Å². The van der Waals surface area contributed by atoms with Crippen molar-refractivity contribution in [3.8, 4) is 0 Å². The lowest BCUT2D eigenvalue weighted by Gasteiger charge is -2.31. The number of rotatable bonds is 2. The molecule has 0 spiro atoms. The van der Waals surface area contributed by atoms with Crippen LogP contribution in [0, 0.1) is 5.82 Å². The lowest BCUT2D eigenvalue weighted by atomic mass is 10.0. The Kier molecular flexibility index (Phi) is 3.60. The van der Waals surface area contributed by atoms with Gasteiger partial charge in [0.25, 0.3) is 0 Å². The summed E-state index contributed by atoms with van der Waals surface area (Å²) in [5.74, 6) is -0.205. The van der Waals surface area contributed by atoms with E-state index in [9.17, 15) is 4.39 Å². The van der Waals surface area contributed by atoms with E-state index in [0.717, 1.165) is 41.6 Å². The highest BCUT2D eigenvalue weighted by Crippen LogP contribution is 2.28. The normalized spacial score (nSPS) is 21.1. The number of fused-ring (bicyclic) bond motifs is 1. The summed E-state index contributed by atoms with van der Waals surface area (Å²) in [7, 11) is 2.15. The molecule has 3 rings (SSSR count). The van der Waals surface area contributed by atoms with Crippen LogP contribution in [-0.2, 0) is 6.42 Å². The van der Waals surface area contributed by atoms with Crippen molar-refractivity contribution in [3.63, 3.8) is 0 Å². The molecule has 5 heteroatoms. The van der Waals surface area contributed by atoms with Crippen LogP contribution in [-0.4, -0.2) is 42.6 Å². The number of H-pyrrole nitrogens is 1. The SMILES string of the molecule is CN1CCNC(Cc2c(Br)[nH]c3cc(F)ccc23)C1. The first kappa shape index (κ1) is 13.1. The van der Waals surface area contributed by atoms with Gasteiger partial charge in [-0.1, -0.05) is 0 Å². The van der Waals surface area contributed by atoms with E-state index in [4.69, 9.17) is 0 Å². The Labute approximate surface area is 120 Å². The van der Waals surface area contributed by atoms with Crippen molar-refractivity contribution in [2.24, 2.45) is 0 Å². The van der Waals surface area contributed by atoms with E-state index in [2.05, 4.69) is 38.2 Å². The number of piperazine rings is 1. The summed E-state index contributed by atoms with van der Waals surface area (Å²) < 4.78 is 14.2. The number of aromatic amines is 1. The maximum Gasteiger partial charge on any atom is 0.125 e. The quantitative estimate of drug-likeness (QED) is 0.889. The molecule has 102 valence electrons. The minimum Gasteiger partial charge on any atom is -0.349 e. The number of nitrogens with zero attached hydrogens (tertiary/aromatic N) is 1. The maximum absolute atomic E-state index is 13.2. The topological polar surface area (TPSA) is 31.1 Å². The van der Waals surface area contributed by atoms with E-state index < -0.39 is 0 Å². The third-order valence-electron chi connectivity index (χ3n) is 3.73. The smallest absolute Gasteiger partial charge is 0.125 e. The number of hydrogen-bond acceptors (Lipinski definition) is 2. The molecule has 2 heterocycles. The number of nitrogens with one attached hydrogen (secondary N) is 2. The van der Waals surface area contributed by atoms with Gasteiger partial charge in [0.15, 0.2) is 0 Å². The molecule has 3 nitrogen and oxygen atoms in total. The largest absolute Gasteiger partial charge is 0.349 e. The van der Waals surface area contributed by atoms with Gasteiger partial charge in [-0.3, -0.25) is 0 Å². The number of aromatic nitrogens is 1. The number of halogens is 2. The molecule has 1 aliphatic heterocycles.